The number of carbonyl (C=O) groups is 1. The summed E-state index contributed by atoms with van der Waals surface area (Å²) in [6.07, 6.45) is 0.561. The summed E-state index contributed by atoms with van der Waals surface area (Å²) in [6.45, 7) is 3.88. The summed E-state index contributed by atoms with van der Waals surface area (Å²) in [6, 6.07) is 5.81. The first-order valence-electron chi connectivity index (χ1n) is 5.69. The van der Waals surface area contributed by atoms with Crippen LogP contribution in [0.4, 0.5) is 0 Å². The number of rotatable bonds is 5. The average molecular weight is 256 g/mol. The number of nitrogens with one attached hydrogen (secondary N) is 1. The van der Waals surface area contributed by atoms with Crippen LogP contribution in [0.5, 0.6) is 0 Å². The molecule has 3 nitrogen and oxygen atoms in total. The fourth-order valence-corrected chi connectivity index (χ4v) is 1.60. The first-order valence-corrected chi connectivity index (χ1v) is 6.06. The Morgan fingerprint density at radius 3 is 2.82 bits per heavy atom. The summed E-state index contributed by atoms with van der Waals surface area (Å²) >= 11 is 6.00. The molecule has 0 aliphatic rings. The Morgan fingerprint density at radius 1 is 1.53 bits per heavy atom. The number of aliphatic hydroxyl groups is 1. The highest BCUT2D eigenvalue weighted by Gasteiger charge is 2.04. The van der Waals surface area contributed by atoms with Crippen LogP contribution in [-0.4, -0.2) is 23.7 Å². The summed E-state index contributed by atoms with van der Waals surface area (Å²) in [5, 5.41) is 12.4. The quantitative estimate of drug-likeness (QED) is 0.846. The fraction of sp³-hybridized carbons (Fsp3) is 0.462. The van der Waals surface area contributed by atoms with Crippen LogP contribution in [0.15, 0.2) is 18.2 Å². The molecule has 17 heavy (non-hydrogen) atoms. The molecule has 0 aromatic heterocycles. The summed E-state index contributed by atoms with van der Waals surface area (Å²) in [5.74, 6) is -0.0532. The van der Waals surface area contributed by atoms with Gasteiger partial charge in [0.1, 0.15) is 0 Å². The molecule has 1 rings (SSSR count). The van der Waals surface area contributed by atoms with Gasteiger partial charge in [-0.2, -0.15) is 0 Å². The highest BCUT2D eigenvalue weighted by Crippen LogP contribution is 2.17. The molecule has 0 saturated carbocycles. The van der Waals surface area contributed by atoms with Crippen LogP contribution in [0.1, 0.15) is 24.5 Å². The van der Waals surface area contributed by atoms with E-state index >= 15 is 0 Å². The van der Waals surface area contributed by atoms with Crippen molar-refractivity contribution in [3.05, 3.63) is 34.3 Å². The first-order chi connectivity index (χ1) is 7.99. The van der Waals surface area contributed by atoms with E-state index in [-0.39, 0.29) is 5.91 Å². The second kappa shape index (κ2) is 6.62. The third-order valence-electron chi connectivity index (χ3n) is 2.47. The number of aliphatic hydroxyl groups excluding tert-OH is 1. The highest BCUT2D eigenvalue weighted by atomic mass is 35.5. The number of benzene rings is 1. The van der Waals surface area contributed by atoms with Gasteiger partial charge in [-0.05, 0) is 37.5 Å². The van der Waals surface area contributed by atoms with Crippen molar-refractivity contribution in [1.82, 2.24) is 5.32 Å². The van der Waals surface area contributed by atoms with Crippen molar-refractivity contribution < 1.29 is 9.90 Å². The molecule has 1 aromatic rings. The van der Waals surface area contributed by atoms with Crippen molar-refractivity contribution in [3.8, 4) is 0 Å². The minimum atomic E-state index is -0.507. The maximum Gasteiger partial charge on any atom is 0.220 e. The Hall–Kier alpha value is -1.06. The normalized spacial score (nSPS) is 12.2. The summed E-state index contributed by atoms with van der Waals surface area (Å²) in [4.78, 5) is 11.4. The molecule has 1 amide bonds. The Morgan fingerprint density at radius 2 is 2.24 bits per heavy atom. The zero-order valence-corrected chi connectivity index (χ0v) is 10.9. The molecule has 0 saturated heterocycles. The number of halogens is 1. The lowest BCUT2D eigenvalue weighted by Gasteiger charge is -2.07. The van der Waals surface area contributed by atoms with Crippen molar-refractivity contribution in [3.63, 3.8) is 0 Å². The van der Waals surface area contributed by atoms with Gasteiger partial charge in [-0.1, -0.05) is 23.7 Å². The van der Waals surface area contributed by atoms with E-state index in [1.54, 1.807) is 6.92 Å². The van der Waals surface area contributed by atoms with Gasteiger partial charge in [0, 0.05) is 18.0 Å². The molecule has 0 heterocycles. The molecule has 0 spiro atoms. The van der Waals surface area contributed by atoms with Crippen molar-refractivity contribution >= 4 is 17.5 Å². The predicted molar refractivity (Wildman–Crippen MR) is 69.2 cm³/mol. The van der Waals surface area contributed by atoms with Gasteiger partial charge in [-0.25, -0.2) is 0 Å². The van der Waals surface area contributed by atoms with Gasteiger partial charge in [0.05, 0.1) is 6.10 Å². The fourth-order valence-electron chi connectivity index (χ4n) is 1.40. The Bertz CT molecular complexity index is 391. The second-order valence-electron chi connectivity index (χ2n) is 4.24. The van der Waals surface area contributed by atoms with Gasteiger partial charge in [0.15, 0.2) is 0 Å². The number of hydrogen-bond acceptors (Lipinski definition) is 2. The Kier molecular flexibility index (Phi) is 5.45. The zero-order valence-electron chi connectivity index (χ0n) is 10.2. The molecule has 0 bridgehead atoms. The van der Waals surface area contributed by atoms with Crippen LogP contribution in [0.25, 0.3) is 0 Å². The van der Waals surface area contributed by atoms with Gasteiger partial charge < -0.3 is 10.4 Å². The molecule has 4 heteroatoms. The van der Waals surface area contributed by atoms with Crippen LogP contribution in [-0.2, 0) is 11.2 Å². The largest absolute Gasteiger partial charge is 0.392 e. The molecule has 0 aliphatic carbocycles. The summed E-state index contributed by atoms with van der Waals surface area (Å²) in [5.41, 5.74) is 2.08. The third kappa shape index (κ3) is 5.20. The number of amides is 1. The summed E-state index contributed by atoms with van der Waals surface area (Å²) in [7, 11) is 0. The van der Waals surface area contributed by atoms with E-state index in [2.05, 4.69) is 5.32 Å². The highest BCUT2D eigenvalue weighted by molar-refractivity contribution is 6.31. The van der Waals surface area contributed by atoms with Crippen LogP contribution < -0.4 is 5.32 Å². The van der Waals surface area contributed by atoms with E-state index in [1.165, 1.54) is 0 Å². The molecular weight excluding hydrogens is 238 g/mol. The lowest BCUT2D eigenvalue weighted by molar-refractivity contribution is -0.121. The maximum absolute atomic E-state index is 11.4. The topological polar surface area (TPSA) is 49.3 Å². The van der Waals surface area contributed by atoms with E-state index in [1.807, 2.05) is 25.1 Å². The summed E-state index contributed by atoms with van der Waals surface area (Å²) < 4.78 is 0. The van der Waals surface area contributed by atoms with Gasteiger partial charge in [-0.15, -0.1) is 0 Å². The standard InChI is InChI=1S/C13H18ClNO2/c1-9-3-4-11(7-12(9)14)5-6-13(17)15-8-10(2)16/h3-4,7,10,16H,5-6,8H2,1-2H3,(H,15,17)/t10-/m1/s1. The zero-order chi connectivity index (χ0) is 12.8. The Labute approximate surface area is 107 Å². The van der Waals surface area contributed by atoms with Gasteiger partial charge >= 0.3 is 0 Å². The van der Waals surface area contributed by atoms with Crippen molar-refractivity contribution in [2.75, 3.05) is 6.54 Å². The van der Waals surface area contributed by atoms with E-state index in [0.29, 0.717) is 19.4 Å². The van der Waals surface area contributed by atoms with E-state index < -0.39 is 6.10 Å². The molecule has 2 N–H and O–H groups in total. The average Bonchev–Trinajstić information content (AvgIpc) is 2.28. The Balaban J connectivity index is 2.39. The third-order valence-corrected chi connectivity index (χ3v) is 2.88. The minimum Gasteiger partial charge on any atom is -0.392 e. The van der Waals surface area contributed by atoms with E-state index in [4.69, 9.17) is 16.7 Å². The van der Waals surface area contributed by atoms with Crippen LogP contribution in [0.3, 0.4) is 0 Å². The van der Waals surface area contributed by atoms with Gasteiger partial charge in [0.2, 0.25) is 5.91 Å². The predicted octanol–water partition coefficient (Wildman–Crippen LogP) is 2.08. The lowest BCUT2D eigenvalue weighted by Crippen LogP contribution is -2.30. The van der Waals surface area contributed by atoms with Gasteiger partial charge in [0.25, 0.3) is 0 Å². The molecule has 0 radical (unpaired) electrons. The van der Waals surface area contributed by atoms with E-state index in [9.17, 15) is 4.79 Å². The van der Waals surface area contributed by atoms with Crippen molar-refractivity contribution in [2.45, 2.75) is 32.8 Å². The number of hydrogen-bond donors (Lipinski definition) is 2. The molecule has 1 aromatic carbocycles. The van der Waals surface area contributed by atoms with Crippen LogP contribution in [0.2, 0.25) is 5.02 Å². The molecule has 0 fully saturated rings. The monoisotopic (exact) mass is 255 g/mol. The lowest BCUT2D eigenvalue weighted by atomic mass is 10.1. The molecule has 1 atom stereocenters. The van der Waals surface area contributed by atoms with Crippen LogP contribution in [0, 0.1) is 6.92 Å². The molecule has 0 unspecified atom stereocenters. The maximum atomic E-state index is 11.4. The SMILES string of the molecule is Cc1ccc(CCC(=O)NC[C@@H](C)O)cc1Cl. The molecular formula is C13H18ClNO2. The van der Waals surface area contributed by atoms with E-state index in [0.717, 1.165) is 16.1 Å². The number of aryl methyl sites for hydroxylation is 2. The minimum absolute atomic E-state index is 0.0532. The smallest absolute Gasteiger partial charge is 0.220 e. The molecule has 0 aliphatic heterocycles. The van der Waals surface area contributed by atoms with Crippen molar-refractivity contribution in [1.29, 1.82) is 0 Å². The first kappa shape index (κ1) is 14.0. The van der Waals surface area contributed by atoms with Gasteiger partial charge in [-0.3, -0.25) is 4.79 Å². The van der Waals surface area contributed by atoms with Crippen LogP contribution >= 0.6 is 11.6 Å². The molecule has 94 valence electrons. The van der Waals surface area contributed by atoms with Crippen molar-refractivity contribution in [2.24, 2.45) is 0 Å². The second-order valence-corrected chi connectivity index (χ2v) is 4.64. The number of carbonyl (C=O) groups excluding carboxylic acids is 1.